The third kappa shape index (κ3) is 5.07. The minimum atomic E-state index is -1.14. The highest BCUT2D eigenvalue weighted by molar-refractivity contribution is 6.31. The van der Waals surface area contributed by atoms with E-state index in [1.165, 1.54) is 24.3 Å². The van der Waals surface area contributed by atoms with Crippen LogP contribution >= 0.6 is 11.6 Å². The van der Waals surface area contributed by atoms with Crippen molar-refractivity contribution in [2.45, 2.75) is 18.9 Å². The maximum atomic E-state index is 12.8. The van der Waals surface area contributed by atoms with Crippen LogP contribution in [0.5, 0.6) is 0 Å². The lowest BCUT2D eigenvalue weighted by Gasteiger charge is -2.15. The number of carbonyl (C=O) groups is 2. The number of carboxylic acid groups (broad SMARTS) is 1. The first-order valence-corrected chi connectivity index (χ1v) is 7.33. The Kier molecular flexibility index (Phi) is 5.71. The standard InChI is InChI=1S/C17H15ClFNO3/c18-14-4-2-1-3-12(14)10-15(17(22)23)20-16(21)9-11-5-7-13(19)8-6-11/h1-8,15H,9-10H2,(H,20,21)(H,22,23)/t15-/m0/s1. The van der Waals surface area contributed by atoms with Gasteiger partial charge in [0.2, 0.25) is 5.91 Å². The molecule has 2 N–H and O–H groups in total. The van der Waals surface area contributed by atoms with Crippen molar-refractivity contribution in [1.29, 1.82) is 0 Å². The summed E-state index contributed by atoms with van der Waals surface area (Å²) in [6.45, 7) is 0. The minimum absolute atomic E-state index is 0.0212. The summed E-state index contributed by atoms with van der Waals surface area (Å²) in [6.07, 6.45) is 0.0662. The zero-order valence-corrected chi connectivity index (χ0v) is 12.9. The van der Waals surface area contributed by atoms with Gasteiger partial charge in [0, 0.05) is 11.4 Å². The van der Waals surface area contributed by atoms with Gasteiger partial charge in [-0.05, 0) is 29.3 Å². The normalized spacial score (nSPS) is 11.7. The van der Waals surface area contributed by atoms with Crippen molar-refractivity contribution in [2.75, 3.05) is 0 Å². The van der Waals surface area contributed by atoms with Crippen LogP contribution in [-0.2, 0) is 22.4 Å². The number of nitrogens with one attached hydrogen (secondary N) is 1. The van der Waals surface area contributed by atoms with Gasteiger partial charge in [-0.1, -0.05) is 41.9 Å². The van der Waals surface area contributed by atoms with E-state index in [0.29, 0.717) is 16.1 Å². The predicted molar refractivity (Wildman–Crippen MR) is 84.8 cm³/mol. The zero-order valence-electron chi connectivity index (χ0n) is 12.1. The second-order valence-corrected chi connectivity index (χ2v) is 5.46. The molecule has 23 heavy (non-hydrogen) atoms. The van der Waals surface area contributed by atoms with Crippen LogP contribution in [-0.4, -0.2) is 23.0 Å². The molecule has 0 aliphatic carbocycles. The molecule has 0 radical (unpaired) electrons. The van der Waals surface area contributed by atoms with Crippen molar-refractivity contribution in [2.24, 2.45) is 0 Å². The Morgan fingerprint density at radius 2 is 1.78 bits per heavy atom. The molecule has 1 amide bonds. The Morgan fingerprint density at radius 3 is 2.39 bits per heavy atom. The fraction of sp³-hybridized carbons (Fsp3) is 0.176. The maximum absolute atomic E-state index is 12.8. The van der Waals surface area contributed by atoms with Crippen LogP contribution < -0.4 is 5.32 Å². The molecule has 0 saturated carbocycles. The molecule has 0 aliphatic rings. The van der Waals surface area contributed by atoms with Crippen LogP contribution in [0.25, 0.3) is 0 Å². The monoisotopic (exact) mass is 335 g/mol. The third-order valence-corrected chi connectivity index (χ3v) is 3.66. The van der Waals surface area contributed by atoms with E-state index in [4.69, 9.17) is 11.6 Å². The molecule has 2 rings (SSSR count). The van der Waals surface area contributed by atoms with Crippen molar-refractivity contribution >= 4 is 23.5 Å². The maximum Gasteiger partial charge on any atom is 0.326 e. The molecule has 2 aromatic rings. The van der Waals surface area contributed by atoms with Crippen molar-refractivity contribution in [3.63, 3.8) is 0 Å². The number of amides is 1. The Morgan fingerprint density at radius 1 is 1.13 bits per heavy atom. The number of carbonyl (C=O) groups excluding carboxylic acids is 1. The molecule has 0 spiro atoms. The minimum Gasteiger partial charge on any atom is -0.480 e. The molecule has 0 heterocycles. The first-order valence-electron chi connectivity index (χ1n) is 6.95. The van der Waals surface area contributed by atoms with E-state index >= 15 is 0 Å². The summed E-state index contributed by atoms with van der Waals surface area (Å²) in [5.41, 5.74) is 1.24. The molecule has 0 aromatic heterocycles. The van der Waals surface area contributed by atoms with Crippen LogP contribution in [0.2, 0.25) is 5.02 Å². The molecule has 6 heteroatoms. The van der Waals surface area contributed by atoms with Crippen LogP contribution in [0.1, 0.15) is 11.1 Å². The third-order valence-electron chi connectivity index (χ3n) is 3.29. The van der Waals surface area contributed by atoms with Gasteiger partial charge in [0.15, 0.2) is 0 Å². The van der Waals surface area contributed by atoms with Crippen LogP contribution in [0.3, 0.4) is 0 Å². The number of benzene rings is 2. The van der Waals surface area contributed by atoms with E-state index in [1.54, 1.807) is 24.3 Å². The molecule has 2 aromatic carbocycles. The average Bonchev–Trinajstić information content (AvgIpc) is 2.51. The molecule has 0 aliphatic heterocycles. The SMILES string of the molecule is O=C(Cc1ccc(F)cc1)N[C@@H](Cc1ccccc1Cl)C(=O)O. The molecule has 0 saturated heterocycles. The fourth-order valence-corrected chi connectivity index (χ4v) is 2.33. The van der Waals surface area contributed by atoms with Gasteiger partial charge >= 0.3 is 5.97 Å². The summed E-state index contributed by atoms with van der Waals surface area (Å²) in [5.74, 6) is -1.98. The van der Waals surface area contributed by atoms with Gasteiger partial charge in [-0.2, -0.15) is 0 Å². The van der Waals surface area contributed by atoms with Gasteiger partial charge in [0.05, 0.1) is 6.42 Å². The molecule has 0 fully saturated rings. The first kappa shape index (κ1) is 17.0. The lowest BCUT2D eigenvalue weighted by atomic mass is 10.1. The number of hydrogen-bond donors (Lipinski definition) is 2. The molecular formula is C17H15ClFNO3. The van der Waals surface area contributed by atoms with E-state index in [9.17, 15) is 19.1 Å². The quantitative estimate of drug-likeness (QED) is 0.853. The number of rotatable bonds is 6. The van der Waals surface area contributed by atoms with Crippen LogP contribution in [0.4, 0.5) is 4.39 Å². The summed E-state index contributed by atoms with van der Waals surface area (Å²) in [5, 5.41) is 12.2. The van der Waals surface area contributed by atoms with E-state index < -0.39 is 23.7 Å². The smallest absolute Gasteiger partial charge is 0.326 e. The van der Waals surface area contributed by atoms with Crippen LogP contribution in [0.15, 0.2) is 48.5 Å². The van der Waals surface area contributed by atoms with Gasteiger partial charge in [-0.3, -0.25) is 4.79 Å². The van der Waals surface area contributed by atoms with Crippen molar-refractivity contribution in [3.05, 3.63) is 70.5 Å². The molecular weight excluding hydrogens is 321 g/mol. The predicted octanol–water partition coefficient (Wildman–Crippen LogP) is 2.83. The topological polar surface area (TPSA) is 66.4 Å². The van der Waals surface area contributed by atoms with Crippen molar-refractivity contribution in [3.8, 4) is 0 Å². The lowest BCUT2D eigenvalue weighted by molar-refractivity contribution is -0.141. The largest absolute Gasteiger partial charge is 0.480 e. The second kappa shape index (κ2) is 7.74. The number of carboxylic acids is 1. The molecule has 0 unspecified atom stereocenters. The van der Waals surface area contributed by atoms with E-state index in [0.717, 1.165) is 0 Å². The highest BCUT2D eigenvalue weighted by atomic mass is 35.5. The van der Waals surface area contributed by atoms with Gasteiger partial charge < -0.3 is 10.4 Å². The Hall–Kier alpha value is -2.40. The Labute approximate surface area is 137 Å². The van der Waals surface area contributed by atoms with Crippen LogP contribution in [0, 0.1) is 5.82 Å². The summed E-state index contributed by atoms with van der Waals surface area (Å²) in [4.78, 5) is 23.3. The summed E-state index contributed by atoms with van der Waals surface area (Å²) >= 11 is 6.01. The number of halogens is 2. The van der Waals surface area contributed by atoms with Crippen molar-refractivity contribution in [1.82, 2.24) is 5.32 Å². The highest BCUT2D eigenvalue weighted by Crippen LogP contribution is 2.17. The lowest BCUT2D eigenvalue weighted by Crippen LogP contribution is -2.43. The molecule has 0 bridgehead atoms. The summed E-state index contributed by atoms with van der Waals surface area (Å²) in [6, 6.07) is 11.3. The first-order chi connectivity index (χ1) is 11.0. The zero-order chi connectivity index (χ0) is 16.8. The highest BCUT2D eigenvalue weighted by Gasteiger charge is 2.21. The fourth-order valence-electron chi connectivity index (χ4n) is 2.12. The second-order valence-electron chi connectivity index (χ2n) is 5.06. The van der Waals surface area contributed by atoms with Gasteiger partial charge in [-0.25, -0.2) is 9.18 Å². The van der Waals surface area contributed by atoms with Gasteiger partial charge in [0.25, 0.3) is 0 Å². The number of aliphatic carboxylic acids is 1. The summed E-state index contributed by atoms with van der Waals surface area (Å²) < 4.78 is 12.8. The molecule has 4 nitrogen and oxygen atoms in total. The average molecular weight is 336 g/mol. The van der Waals surface area contributed by atoms with Crippen molar-refractivity contribution < 1.29 is 19.1 Å². The number of hydrogen-bond acceptors (Lipinski definition) is 2. The van der Waals surface area contributed by atoms with E-state index in [1.807, 2.05) is 0 Å². The molecule has 120 valence electrons. The van der Waals surface area contributed by atoms with Gasteiger partial charge in [0.1, 0.15) is 11.9 Å². The Bertz CT molecular complexity index is 703. The van der Waals surface area contributed by atoms with Gasteiger partial charge in [-0.15, -0.1) is 0 Å². The Balaban J connectivity index is 2.01. The van der Waals surface area contributed by atoms with E-state index in [2.05, 4.69) is 5.32 Å². The summed E-state index contributed by atoms with van der Waals surface area (Å²) in [7, 11) is 0. The molecule has 1 atom stereocenters. The van der Waals surface area contributed by atoms with E-state index in [-0.39, 0.29) is 12.8 Å².